The van der Waals surface area contributed by atoms with Crippen LogP contribution in [0, 0.1) is 12.3 Å². The Hall–Kier alpha value is -2.01. The van der Waals surface area contributed by atoms with Gasteiger partial charge in [-0.05, 0) is 13.8 Å². The van der Waals surface area contributed by atoms with Gasteiger partial charge in [-0.2, -0.15) is 0 Å². The van der Waals surface area contributed by atoms with E-state index in [1.165, 1.54) is 6.33 Å². The number of rotatable bonds is 1. The largest absolute Gasteiger partial charge is 0.383 e. The first kappa shape index (κ1) is 14.6. The van der Waals surface area contributed by atoms with Gasteiger partial charge in [0.2, 0.25) is 0 Å². The molecule has 2 aromatic heterocycles. The van der Waals surface area contributed by atoms with Gasteiger partial charge < -0.3 is 19.8 Å². The molecule has 2 aliphatic rings. The smallest absolute Gasteiger partial charge is 0.164 e. The van der Waals surface area contributed by atoms with E-state index in [0.717, 1.165) is 4.91 Å². The number of terminal acetylenes is 1. The van der Waals surface area contributed by atoms with Crippen LogP contribution in [-0.4, -0.2) is 32.5 Å². The van der Waals surface area contributed by atoms with Crippen LogP contribution in [0.5, 0.6) is 0 Å². The molecule has 0 saturated carbocycles. The lowest BCUT2D eigenvalue weighted by atomic mass is 10.2. The van der Waals surface area contributed by atoms with Crippen molar-refractivity contribution in [2.75, 3.05) is 5.73 Å². The van der Waals surface area contributed by atoms with Crippen molar-refractivity contribution >= 4 is 28.6 Å². The van der Waals surface area contributed by atoms with Crippen molar-refractivity contribution < 1.29 is 9.47 Å². The van der Waals surface area contributed by atoms with Crippen molar-refractivity contribution in [2.24, 2.45) is 0 Å². The number of ether oxygens (including phenoxy) is 2. The Morgan fingerprint density at radius 1 is 1.43 bits per heavy atom. The third-order valence-corrected chi connectivity index (χ3v) is 5.34. The van der Waals surface area contributed by atoms with Crippen LogP contribution in [0.25, 0.3) is 11.0 Å². The summed E-state index contributed by atoms with van der Waals surface area (Å²) in [4.78, 5) is 9.35. The number of hydrogen-bond donors (Lipinski definition) is 1. The maximum atomic E-state index is 6.08. The van der Waals surface area contributed by atoms with Gasteiger partial charge >= 0.3 is 0 Å². The number of thioether (sulfide) groups is 1. The standard InChI is InChI=1S/C16H16N4O2S/c1-5-9-6-20(14-10(9)13(17)18-7-19-14)15-12-11(8(2)23-15)21-16(3,4)22-12/h1,6-7,11-12,15H,2H2,3-4H3,(H2,17,18,19)/t11-,12-,15-/m1/s1. The number of nitrogens with two attached hydrogens (primary N) is 1. The molecule has 2 aliphatic heterocycles. The second-order valence-electron chi connectivity index (χ2n) is 6.05. The van der Waals surface area contributed by atoms with Crippen molar-refractivity contribution in [3.05, 3.63) is 29.6 Å². The molecule has 0 unspecified atom stereocenters. The fourth-order valence-electron chi connectivity index (χ4n) is 3.16. The lowest BCUT2D eigenvalue weighted by molar-refractivity contribution is -0.145. The van der Waals surface area contributed by atoms with E-state index in [1.54, 1.807) is 11.8 Å². The molecule has 118 valence electrons. The Labute approximate surface area is 138 Å². The Morgan fingerprint density at radius 2 is 2.22 bits per heavy atom. The Kier molecular flexibility index (Phi) is 3.00. The van der Waals surface area contributed by atoms with Crippen molar-refractivity contribution in [1.29, 1.82) is 0 Å². The van der Waals surface area contributed by atoms with E-state index in [1.807, 2.05) is 24.6 Å². The summed E-state index contributed by atoms with van der Waals surface area (Å²) >= 11 is 1.60. The second-order valence-corrected chi connectivity index (χ2v) is 7.29. The second kappa shape index (κ2) is 4.74. The lowest BCUT2D eigenvalue weighted by Gasteiger charge is -2.22. The number of nitrogen functional groups attached to an aromatic ring is 1. The molecule has 2 saturated heterocycles. The highest BCUT2D eigenvalue weighted by Crippen LogP contribution is 2.53. The minimum atomic E-state index is -0.635. The predicted octanol–water partition coefficient (Wildman–Crippen LogP) is 2.27. The van der Waals surface area contributed by atoms with Crippen LogP contribution in [0.15, 0.2) is 24.0 Å². The van der Waals surface area contributed by atoms with Crippen LogP contribution in [0.1, 0.15) is 24.8 Å². The average molecular weight is 328 g/mol. The van der Waals surface area contributed by atoms with Crippen molar-refractivity contribution in [3.63, 3.8) is 0 Å². The highest BCUT2D eigenvalue weighted by atomic mass is 32.2. The van der Waals surface area contributed by atoms with Gasteiger partial charge in [0.15, 0.2) is 5.79 Å². The van der Waals surface area contributed by atoms with Gasteiger partial charge in [-0.1, -0.05) is 12.5 Å². The van der Waals surface area contributed by atoms with Gasteiger partial charge in [-0.3, -0.25) is 0 Å². The molecule has 0 aliphatic carbocycles. The lowest BCUT2D eigenvalue weighted by Crippen LogP contribution is -2.26. The summed E-state index contributed by atoms with van der Waals surface area (Å²) in [5.74, 6) is 2.40. The van der Waals surface area contributed by atoms with E-state index in [2.05, 4.69) is 22.5 Å². The monoisotopic (exact) mass is 328 g/mol. The van der Waals surface area contributed by atoms with E-state index < -0.39 is 5.79 Å². The van der Waals surface area contributed by atoms with E-state index in [-0.39, 0.29) is 17.6 Å². The molecule has 0 bridgehead atoms. The average Bonchev–Trinajstić information content (AvgIpc) is 3.10. The summed E-state index contributed by atoms with van der Waals surface area (Å²) in [5, 5.41) is 0.635. The van der Waals surface area contributed by atoms with Crippen LogP contribution < -0.4 is 5.73 Å². The fraction of sp³-hybridized carbons (Fsp3) is 0.375. The molecule has 7 heteroatoms. The highest BCUT2D eigenvalue weighted by Gasteiger charge is 2.52. The molecule has 4 rings (SSSR count). The Bertz CT molecular complexity index is 867. The summed E-state index contributed by atoms with van der Waals surface area (Å²) in [6.45, 7) is 7.92. The minimum Gasteiger partial charge on any atom is -0.383 e. The maximum Gasteiger partial charge on any atom is 0.164 e. The first-order valence-corrected chi connectivity index (χ1v) is 8.08. The van der Waals surface area contributed by atoms with Crippen LogP contribution in [0.4, 0.5) is 5.82 Å². The first-order valence-electron chi connectivity index (χ1n) is 7.20. The molecule has 3 atom stereocenters. The fourth-order valence-corrected chi connectivity index (χ4v) is 4.40. The van der Waals surface area contributed by atoms with Crippen LogP contribution >= 0.6 is 11.8 Å². The van der Waals surface area contributed by atoms with Gasteiger partial charge in [-0.25, -0.2) is 9.97 Å². The van der Waals surface area contributed by atoms with E-state index in [4.69, 9.17) is 21.6 Å². The van der Waals surface area contributed by atoms with Crippen LogP contribution in [0.2, 0.25) is 0 Å². The van der Waals surface area contributed by atoms with Gasteiger partial charge in [0.1, 0.15) is 35.4 Å². The summed E-state index contributed by atoms with van der Waals surface area (Å²) in [5.41, 5.74) is 7.35. The Morgan fingerprint density at radius 3 is 2.96 bits per heavy atom. The third kappa shape index (κ3) is 2.06. The molecule has 23 heavy (non-hydrogen) atoms. The molecule has 0 aromatic carbocycles. The van der Waals surface area contributed by atoms with Crippen LogP contribution in [-0.2, 0) is 9.47 Å². The molecular weight excluding hydrogens is 312 g/mol. The Balaban J connectivity index is 1.86. The molecule has 0 amide bonds. The zero-order valence-corrected chi connectivity index (χ0v) is 13.6. The molecule has 2 N–H and O–H groups in total. The number of fused-ring (bicyclic) bond motifs is 2. The van der Waals surface area contributed by atoms with Crippen molar-refractivity contribution in [2.45, 2.75) is 37.2 Å². The number of aromatic nitrogens is 3. The van der Waals surface area contributed by atoms with Crippen molar-refractivity contribution in [3.8, 4) is 12.3 Å². The van der Waals surface area contributed by atoms with Gasteiger partial charge in [0.05, 0.1) is 10.9 Å². The normalized spacial score (nSPS) is 28.9. The SMILES string of the molecule is C#Cc1cn([C@@H]2SC(=C)[C@H]3OC(C)(C)O[C@H]32)c2ncnc(N)c12. The van der Waals surface area contributed by atoms with E-state index in [0.29, 0.717) is 22.4 Å². The first-order chi connectivity index (χ1) is 10.9. The van der Waals surface area contributed by atoms with Crippen LogP contribution in [0.3, 0.4) is 0 Å². The topological polar surface area (TPSA) is 75.2 Å². The molecule has 4 heterocycles. The molecule has 2 fully saturated rings. The van der Waals surface area contributed by atoms with Gasteiger partial charge in [0, 0.05) is 11.1 Å². The minimum absolute atomic E-state index is 0.0619. The third-order valence-electron chi connectivity index (χ3n) is 4.07. The number of hydrogen-bond acceptors (Lipinski definition) is 6. The van der Waals surface area contributed by atoms with E-state index in [9.17, 15) is 0 Å². The maximum absolute atomic E-state index is 6.08. The molecule has 0 spiro atoms. The predicted molar refractivity (Wildman–Crippen MR) is 89.5 cm³/mol. The van der Waals surface area contributed by atoms with Crippen molar-refractivity contribution in [1.82, 2.24) is 14.5 Å². The molecular formula is C16H16N4O2S. The number of anilines is 1. The molecule has 0 radical (unpaired) electrons. The molecule has 2 aromatic rings. The summed E-state index contributed by atoms with van der Waals surface area (Å²) < 4.78 is 14.0. The summed E-state index contributed by atoms with van der Waals surface area (Å²) in [6.07, 6.45) is 8.63. The van der Waals surface area contributed by atoms with Gasteiger partial charge in [0.25, 0.3) is 0 Å². The summed E-state index contributed by atoms with van der Waals surface area (Å²) in [6, 6.07) is 0. The quantitative estimate of drug-likeness (QED) is 0.810. The zero-order chi connectivity index (χ0) is 16.4. The summed E-state index contributed by atoms with van der Waals surface area (Å²) in [7, 11) is 0. The van der Waals surface area contributed by atoms with Gasteiger partial charge in [-0.15, -0.1) is 18.2 Å². The molecule has 6 nitrogen and oxygen atoms in total. The highest BCUT2D eigenvalue weighted by molar-refractivity contribution is 8.03. The zero-order valence-electron chi connectivity index (χ0n) is 12.8. The number of nitrogens with zero attached hydrogens (tertiary/aromatic N) is 3. The van der Waals surface area contributed by atoms with E-state index >= 15 is 0 Å².